The number of hydrogen-bond donors (Lipinski definition) is 1. The van der Waals surface area contributed by atoms with Crippen LogP contribution in [0.15, 0.2) is 0 Å². The average molecular weight is 247 g/mol. The van der Waals surface area contributed by atoms with Gasteiger partial charge < -0.3 is 19.9 Å². The molecule has 0 bridgehead atoms. The lowest BCUT2D eigenvalue weighted by Crippen LogP contribution is -2.33. The van der Waals surface area contributed by atoms with E-state index in [-0.39, 0.29) is 13.2 Å². The lowest BCUT2D eigenvalue weighted by Gasteiger charge is -2.10. The normalized spacial score (nSPS) is 19.5. The van der Waals surface area contributed by atoms with E-state index in [9.17, 15) is 9.59 Å². The van der Waals surface area contributed by atoms with Gasteiger partial charge in [-0.15, -0.1) is 0 Å². The van der Waals surface area contributed by atoms with Gasteiger partial charge in [0, 0.05) is 0 Å². The van der Waals surface area contributed by atoms with Crippen molar-refractivity contribution >= 4 is 12.1 Å². The number of rotatable bonds is 4. The summed E-state index contributed by atoms with van der Waals surface area (Å²) in [4.78, 5) is 21.6. The third kappa shape index (κ3) is 6.78. The second-order valence-corrected chi connectivity index (χ2v) is 3.65. The molecule has 17 heavy (non-hydrogen) atoms. The first kappa shape index (κ1) is 15.7. The van der Waals surface area contributed by atoms with Crippen molar-refractivity contribution in [3.8, 4) is 0 Å². The minimum atomic E-state index is -0.731. The first-order valence-corrected chi connectivity index (χ1v) is 5.80. The van der Waals surface area contributed by atoms with Crippen LogP contribution in [-0.2, 0) is 19.0 Å². The Kier molecular flexibility index (Phi) is 8.13. The van der Waals surface area contributed by atoms with Gasteiger partial charge in [-0.3, -0.25) is 4.79 Å². The van der Waals surface area contributed by atoms with Crippen LogP contribution in [0, 0.1) is 0 Å². The molecule has 0 aromatic carbocycles. The highest BCUT2D eigenvalue weighted by molar-refractivity contribution is 5.75. The number of carbonyl (C=O) groups is 2. The van der Waals surface area contributed by atoms with E-state index in [0.717, 1.165) is 0 Å². The number of carbonyl (C=O) groups excluding carboxylic acids is 2. The molecule has 0 radical (unpaired) electrons. The fourth-order valence-corrected chi connectivity index (χ4v) is 0.896. The molecule has 0 aliphatic carbocycles. The van der Waals surface area contributed by atoms with Crippen LogP contribution in [-0.4, -0.2) is 37.5 Å². The molecular formula is C11H21NO5. The van der Waals surface area contributed by atoms with Crippen LogP contribution in [0.1, 0.15) is 33.6 Å². The molecule has 2 N–H and O–H groups in total. The molecule has 6 nitrogen and oxygen atoms in total. The van der Waals surface area contributed by atoms with Crippen molar-refractivity contribution in [2.24, 2.45) is 5.73 Å². The third-order valence-electron chi connectivity index (χ3n) is 1.80. The first-order valence-electron chi connectivity index (χ1n) is 5.80. The summed E-state index contributed by atoms with van der Waals surface area (Å²) in [5, 5.41) is 0. The Bertz CT molecular complexity index is 244. The summed E-state index contributed by atoms with van der Waals surface area (Å²) in [6.45, 7) is 6.15. The minimum absolute atomic E-state index is 0.00171. The van der Waals surface area contributed by atoms with Crippen LogP contribution in [0.25, 0.3) is 0 Å². The number of ether oxygens (including phenoxy) is 3. The summed E-state index contributed by atoms with van der Waals surface area (Å²) in [5.74, 6) is -0.490. The molecule has 1 aliphatic rings. The second kappa shape index (κ2) is 8.81. The molecule has 2 unspecified atom stereocenters. The van der Waals surface area contributed by atoms with Gasteiger partial charge in [-0.25, -0.2) is 4.79 Å². The number of esters is 1. The monoisotopic (exact) mass is 247 g/mol. The van der Waals surface area contributed by atoms with Gasteiger partial charge in [0.05, 0.1) is 0 Å². The maximum atomic E-state index is 11.1. The van der Waals surface area contributed by atoms with E-state index in [1.54, 1.807) is 6.92 Å². The molecule has 0 aromatic rings. The Morgan fingerprint density at radius 1 is 1.53 bits per heavy atom. The van der Waals surface area contributed by atoms with Gasteiger partial charge in [0.25, 0.3) is 0 Å². The molecule has 1 heterocycles. The van der Waals surface area contributed by atoms with Crippen LogP contribution in [0.3, 0.4) is 0 Å². The summed E-state index contributed by atoms with van der Waals surface area (Å²) >= 11 is 0. The van der Waals surface area contributed by atoms with Crippen LogP contribution < -0.4 is 5.73 Å². The van der Waals surface area contributed by atoms with Crippen molar-refractivity contribution in [2.45, 2.75) is 45.8 Å². The molecule has 6 heteroatoms. The zero-order valence-electron chi connectivity index (χ0n) is 10.6. The average Bonchev–Trinajstić information content (AvgIpc) is 2.72. The van der Waals surface area contributed by atoms with E-state index in [4.69, 9.17) is 10.5 Å². The number of cyclic esters (lactones) is 2. The number of hydrogen-bond acceptors (Lipinski definition) is 6. The number of nitrogens with two attached hydrogens (primary N) is 1. The summed E-state index contributed by atoms with van der Waals surface area (Å²) in [5.41, 5.74) is 5.41. The molecule has 1 saturated heterocycles. The fourth-order valence-electron chi connectivity index (χ4n) is 0.896. The summed E-state index contributed by atoms with van der Waals surface area (Å²) in [7, 11) is 0. The van der Waals surface area contributed by atoms with Crippen molar-refractivity contribution in [2.75, 3.05) is 13.2 Å². The summed E-state index contributed by atoms with van der Waals surface area (Å²) in [6, 6.07) is -0.618. The van der Waals surface area contributed by atoms with Crippen LogP contribution >= 0.6 is 0 Å². The van der Waals surface area contributed by atoms with Crippen molar-refractivity contribution < 1.29 is 23.8 Å². The van der Waals surface area contributed by atoms with E-state index in [1.807, 2.05) is 0 Å². The zero-order chi connectivity index (χ0) is 13.3. The Morgan fingerprint density at radius 2 is 2.12 bits per heavy atom. The minimum Gasteiger partial charge on any atom is -0.460 e. The van der Waals surface area contributed by atoms with Crippen LogP contribution in [0.2, 0.25) is 0 Å². The Balaban J connectivity index is 0.000000770. The fraction of sp³-hybridized carbons (Fsp3) is 0.818. The zero-order valence-corrected chi connectivity index (χ0v) is 10.6. The quantitative estimate of drug-likeness (QED) is 0.751. The molecular weight excluding hydrogens is 226 g/mol. The van der Waals surface area contributed by atoms with Crippen molar-refractivity contribution in [1.82, 2.24) is 0 Å². The molecule has 0 amide bonds. The molecule has 1 fully saturated rings. The van der Waals surface area contributed by atoms with E-state index < -0.39 is 24.3 Å². The van der Waals surface area contributed by atoms with Crippen molar-refractivity contribution in [3.63, 3.8) is 0 Å². The topological polar surface area (TPSA) is 87.9 Å². The van der Waals surface area contributed by atoms with Gasteiger partial charge in [0.2, 0.25) is 0 Å². The van der Waals surface area contributed by atoms with E-state index in [0.29, 0.717) is 6.42 Å². The summed E-state index contributed by atoms with van der Waals surface area (Å²) < 4.78 is 14.0. The van der Waals surface area contributed by atoms with Gasteiger partial charge in [0.15, 0.2) is 6.10 Å². The highest BCUT2D eigenvalue weighted by Crippen LogP contribution is 2.06. The maximum Gasteiger partial charge on any atom is 0.508 e. The summed E-state index contributed by atoms with van der Waals surface area (Å²) in [6.07, 6.45) is 0.529. The first-order chi connectivity index (χ1) is 8.04. The smallest absolute Gasteiger partial charge is 0.460 e. The predicted octanol–water partition coefficient (Wildman–Crippen LogP) is 1.22. The SMILES string of the molecule is CCC.CCC(N)C(=O)OCC1COC(=O)O1. The highest BCUT2D eigenvalue weighted by atomic mass is 16.8. The molecule has 100 valence electrons. The van der Waals surface area contributed by atoms with Crippen molar-refractivity contribution in [1.29, 1.82) is 0 Å². The van der Waals surface area contributed by atoms with Crippen molar-refractivity contribution in [3.05, 3.63) is 0 Å². The second-order valence-electron chi connectivity index (χ2n) is 3.65. The van der Waals surface area contributed by atoms with E-state index >= 15 is 0 Å². The van der Waals surface area contributed by atoms with Crippen LogP contribution in [0.5, 0.6) is 0 Å². The van der Waals surface area contributed by atoms with Gasteiger partial charge in [-0.2, -0.15) is 0 Å². The van der Waals surface area contributed by atoms with Gasteiger partial charge >= 0.3 is 12.1 Å². The third-order valence-corrected chi connectivity index (χ3v) is 1.80. The van der Waals surface area contributed by atoms with Gasteiger partial charge in [0.1, 0.15) is 19.3 Å². The van der Waals surface area contributed by atoms with E-state index in [2.05, 4.69) is 23.3 Å². The lowest BCUT2D eigenvalue weighted by atomic mass is 10.2. The van der Waals surface area contributed by atoms with Gasteiger partial charge in [-0.1, -0.05) is 27.2 Å². The maximum absolute atomic E-state index is 11.1. The molecule has 0 aromatic heterocycles. The Hall–Kier alpha value is -1.30. The largest absolute Gasteiger partial charge is 0.508 e. The molecule has 1 aliphatic heterocycles. The van der Waals surface area contributed by atoms with E-state index in [1.165, 1.54) is 6.42 Å². The standard InChI is InChI=1S/C8H13NO5.C3H8/c1-2-6(9)7(10)12-3-5-4-13-8(11)14-5;1-3-2/h5-6H,2-4,9H2,1H3;3H2,1-2H3. The Morgan fingerprint density at radius 3 is 2.53 bits per heavy atom. The predicted molar refractivity (Wildman–Crippen MR) is 61.4 cm³/mol. The van der Waals surface area contributed by atoms with Gasteiger partial charge in [-0.05, 0) is 6.42 Å². The molecule has 1 rings (SSSR count). The molecule has 0 saturated carbocycles. The highest BCUT2D eigenvalue weighted by Gasteiger charge is 2.26. The molecule has 0 spiro atoms. The lowest BCUT2D eigenvalue weighted by molar-refractivity contribution is -0.147. The van der Waals surface area contributed by atoms with Crippen LogP contribution in [0.4, 0.5) is 4.79 Å². The molecule has 2 atom stereocenters. The Labute approximate surface area is 101 Å².